The molecule has 1 unspecified atom stereocenters. The van der Waals surface area contributed by atoms with E-state index in [-0.39, 0.29) is 11.9 Å². The number of morpholine rings is 1. The van der Waals surface area contributed by atoms with E-state index in [4.69, 9.17) is 4.74 Å². The van der Waals surface area contributed by atoms with Gasteiger partial charge in [-0.2, -0.15) is 0 Å². The Hall–Kier alpha value is -1.21. The van der Waals surface area contributed by atoms with E-state index >= 15 is 0 Å². The molecule has 0 aromatic carbocycles. The molecule has 0 bridgehead atoms. The third-order valence-electron chi connectivity index (χ3n) is 2.56. The van der Waals surface area contributed by atoms with Gasteiger partial charge in [-0.25, -0.2) is 0 Å². The number of aromatic nitrogens is 2. The molecular weight excluding hydrogens is 240 g/mol. The van der Waals surface area contributed by atoms with Gasteiger partial charge in [0.25, 0.3) is 5.91 Å². The van der Waals surface area contributed by atoms with E-state index < -0.39 is 0 Å². The second-order valence-electron chi connectivity index (χ2n) is 3.87. The zero-order chi connectivity index (χ0) is 12.3. The third-order valence-corrected chi connectivity index (χ3v) is 3.43. The van der Waals surface area contributed by atoms with Crippen molar-refractivity contribution in [3.05, 3.63) is 5.01 Å². The molecule has 1 aromatic heterocycles. The second-order valence-corrected chi connectivity index (χ2v) is 4.84. The van der Waals surface area contributed by atoms with Crippen molar-refractivity contribution in [2.45, 2.75) is 19.9 Å². The average Bonchev–Trinajstić information content (AvgIpc) is 2.78. The normalized spacial score (nSPS) is 20.4. The van der Waals surface area contributed by atoms with Crippen LogP contribution < -0.4 is 5.32 Å². The highest BCUT2D eigenvalue weighted by atomic mass is 32.1. The number of carbonyl (C=O) groups is 1. The van der Waals surface area contributed by atoms with Crippen LogP contribution >= 0.6 is 11.3 Å². The molecule has 94 valence electrons. The Morgan fingerprint density at radius 2 is 2.47 bits per heavy atom. The molecule has 1 fully saturated rings. The molecule has 0 aliphatic carbocycles. The molecule has 1 saturated heterocycles. The summed E-state index contributed by atoms with van der Waals surface area (Å²) in [7, 11) is 0. The van der Waals surface area contributed by atoms with Crippen LogP contribution in [0.5, 0.6) is 0 Å². The molecule has 1 aliphatic rings. The third kappa shape index (κ3) is 2.73. The highest BCUT2D eigenvalue weighted by Crippen LogP contribution is 2.18. The number of amides is 1. The number of hydrogen-bond donors (Lipinski definition) is 1. The maximum Gasteiger partial charge on any atom is 0.285 e. The Labute approximate surface area is 104 Å². The van der Waals surface area contributed by atoms with Crippen molar-refractivity contribution in [2.24, 2.45) is 0 Å². The van der Waals surface area contributed by atoms with Gasteiger partial charge in [-0.1, -0.05) is 11.3 Å². The summed E-state index contributed by atoms with van der Waals surface area (Å²) in [6.45, 7) is 6.53. The van der Waals surface area contributed by atoms with Crippen molar-refractivity contribution < 1.29 is 9.53 Å². The highest BCUT2D eigenvalue weighted by molar-refractivity contribution is 7.17. The number of anilines is 1. The summed E-state index contributed by atoms with van der Waals surface area (Å²) in [4.78, 5) is 14.0. The predicted octanol–water partition coefficient (Wildman–Crippen LogP) is 0.831. The lowest BCUT2D eigenvalue weighted by Gasteiger charge is -2.32. The quantitative estimate of drug-likeness (QED) is 0.867. The summed E-state index contributed by atoms with van der Waals surface area (Å²) in [5.41, 5.74) is 0. The molecule has 1 aliphatic heterocycles. The summed E-state index contributed by atoms with van der Waals surface area (Å²) in [5, 5.41) is 12.0. The Morgan fingerprint density at radius 1 is 1.65 bits per heavy atom. The molecule has 1 atom stereocenters. The van der Waals surface area contributed by atoms with Crippen molar-refractivity contribution in [3.8, 4) is 0 Å². The number of rotatable bonds is 3. The standard InChI is InChI=1S/C10H16N4O2S/c1-3-11-10-13-12-8(17-10)9(15)14-4-5-16-6-7(14)2/h7H,3-6H2,1-2H3,(H,11,13). The molecule has 1 aromatic rings. The fraction of sp³-hybridized carbons (Fsp3) is 0.700. The van der Waals surface area contributed by atoms with Crippen LogP contribution in [0.2, 0.25) is 0 Å². The minimum absolute atomic E-state index is 0.0533. The van der Waals surface area contributed by atoms with Crippen LogP contribution in [0.25, 0.3) is 0 Å². The Kier molecular flexibility index (Phi) is 3.90. The molecule has 2 heterocycles. The smallest absolute Gasteiger partial charge is 0.285 e. The van der Waals surface area contributed by atoms with Gasteiger partial charge in [-0.15, -0.1) is 10.2 Å². The molecule has 0 saturated carbocycles. The van der Waals surface area contributed by atoms with E-state index in [1.54, 1.807) is 4.90 Å². The fourth-order valence-corrected chi connectivity index (χ4v) is 2.45. The fourth-order valence-electron chi connectivity index (χ4n) is 1.68. The van der Waals surface area contributed by atoms with Crippen LogP contribution in [0.3, 0.4) is 0 Å². The van der Waals surface area contributed by atoms with Gasteiger partial charge < -0.3 is 15.0 Å². The molecular formula is C10H16N4O2S. The monoisotopic (exact) mass is 256 g/mol. The number of hydrogen-bond acceptors (Lipinski definition) is 6. The van der Waals surface area contributed by atoms with Crippen LogP contribution in [-0.2, 0) is 4.74 Å². The molecule has 2 rings (SSSR count). The zero-order valence-electron chi connectivity index (χ0n) is 9.97. The minimum atomic E-state index is -0.0533. The van der Waals surface area contributed by atoms with Crippen molar-refractivity contribution in [1.29, 1.82) is 0 Å². The number of nitrogens with one attached hydrogen (secondary N) is 1. The first-order valence-corrected chi connectivity index (χ1v) is 6.50. The van der Waals surface area contributed by atoms with Crippen LogP contribution in [0.1, 0.15) is 23.6 Å². The lowest BCUT2D eigenvalue weighted by molar-refractivity contribution is 0.00353. The Bertz CT molecular complexity index is 395. The van der Waals surface area contributed by atoms with E-state index in [2.05, 4.69) is 15.5 Å². The van der Waals surface area contributed by atoms with Gasteiger partial charge in [0, 0.05) is 13.1 Å². The summed E-state index contributed by atoms with van der Waals surface area (Å²) in [6.07, 6.45) is 0. The first-order valence-electron chi connectivity index (χ1n) is 5.68. The zero-order valence-corrected chi connectivity index (χ0v) is 10.8. The summed E-state index contributed by atoms with van der Waals surface area (Å²) in [5.74, 6) is -0.0533. The van der Waals surface area contributed by atoms with Crippen molar-refractivity contribution in [3.63, 3.8) is 0 Å². The molecule has 0 radical (unpaired) electrons. The second kappa shape index (κ2) is 5.42. The van der Waals surface area contributed by atoms with E-state index in [1.807, 2.05) is 13.8 Å². The van der Waals surface area contributed by atoms with Crippen LogP contribution in [0, 0.1) is 0 Å². The van der Waals surface area contributed by atoms with Gasteiger partial charge in [-0.05, 0) is 13.8 Å². The molecule has 1 N–H and O–H groups in total. The largest absolute Gasteiger partial charge is 0.377 e. The van der Waals surface area contributed by atoms with Crippen LogP contribution in [0.15, 0.2) is 0 Å². The molecule has 17 heavy (non-hydrogen) atoms. The maximum absolute atomic E-state index is 12.2. The molecule has 6 nitrogen and oxygen atoms in total. The minimum Gasteiger partial charge on any atom is -0.377 e. The summed E-state index contributed by atoms with van der Waals surface area (Å²) >= 11 is 1.30. The molecule has 1 amide bonds. The first-order chi connectivity index (χ1) is 8.22. The van der Waals surface area contributed by atoms with E-state index in [1.165, 1.54) is 11.3 Å². The predicted molar refractivity (Wildman–Crippen MR) is 65.4 cm³/mol. The maximum atomic E-state index is 12.2. The van der Waals surface area contributed by atoms with Crippen molar-refractivity contribution >= 4 is 22.4 Å². The van der Waals surface area contributed by atoms with Crippen LogP contribution in [0.4, 0.5) is 5.13 Å². The SMILES string of the molecule is CCNc1nnc(C(=O)N2CCOCC2C)s1. The van der Waals surface area contributed by atoms with E-state index in [0.717, 1.165) is 6.54 Å². The van der Waals surface area contributed by atoms with E-state index in [0.29, 0.717) is 29.9 Å². The van der Waals surface area contributed by atoms with Crippen molar-refractivity contribution in [2.75, 3.05) is 31.6 Å². The lowest BCUT2D eigenvalue weighted by Crippen LogP contribution is -2.47. The van der Waals surface area contributed by atoms with Gasteiger partial charge in [0.05, 0.1) is 19.3 Å². The first kappa shape index (κ1) is 12.3. The molecule has 0 spiro atoms. The topological polar surface area (TPSA) is 67.4 Å². The Morgan fingerprint density at radius 3 is 3.18 bits per heavy atom. The number of ether oxygens (including phenoxy) is 1. The molecule has 7 heteroatoms. The number of carbonyl (C=O) groups excluding carboxylic acids is 1. The van der Waals surface area contributed by atoms with Crippen molar-refractivity contribution in [1.82, 2.24) is 15.1 Å². The summed E-state index contributed by atoms with van der Waals surface area (Å²) in [6, 6.07) is 0.0998. The summed E-state index contributed by atoms with van der Waals surface area (Å²) < 4.78 is 5.30. The Balaban J connectivity index is 2.07. The van der Waals surface area contributed by atoms with E-state index in [9.17, 15) is 4.79 Å². The average molecular weight is 256 g/mol. The van der Waals surface area contributed by atoms with Gasteiger partial charge in [0.15, 0.2) is 0 Å². The van der Waals surface area contributed by atoms with Gasteiger partial charge >= 0.3 is 0 Å². The van der Waals surface area contributed by atoms with Gasteiger partial charge in [0.1, 0.15) is 0 Å². The van der Waals surface area contributed by atoms with Crippen LogP contribution in [-0.4, -0.2) is 53.3 Å². The van der Waals surface area contributed by atoms with Gasteiger partial charge in [0.2, 0.25) is 10.1 Å². The highest BCUT2D eigenvalue weighted by Gasteiger charge is 2.27. The number of nitrogens with zero attached hydrogens (tertiary/aromatic N) is 3. The van der Waals surface area contributed by atoms with Gasteiger partial charge in [-0.3, -0.25) is 4.79 Å². The lowest BCUT2D eigenvalue weighted by atomic mass is 10.2.